The van der Waals surface area contributed by atoms with Gasteiger partial charge < -0.3 is 14.8 Å². The zero-order valence-electron chi connectivity index (χ0n) is 10.4. The van der Waals surface area contributed by atoms with Crippen LogP contribution in [0.4, 0.5) is 11.5 Å². The Balaban J connectivity index is 2.28. The number of anilines is 2. The summed E-state index contributed by atoms with van der Waals surface area (Å²) in [6, 6.07) is 7.27. The van der Waals surface area contributed by atoms with Crippen molar-refractivity contribution in [2.45, 2.75) is 0 Å². The van der Waals surface area contributed by atoms with Crippen molar-refractivity contribution < 1.29 is 9.47 Å². The Labute approximate surface area is 124 Å². The number of halogens is 2. The molecule has 6 heteroatoms. The maximum absolute atomic E-state index is 6.10. The molecule has 4 nitrogen and oxygen atoms in total. The number of nitrogens with one attached hydrogen (secondary N) is 1. The van der Waals surface area contributed by atoms with Crippen LogP contribution in [0.3, 0.4) is 0 Å². The highest BCUT2D eigenvalue weighted by molar-refractivity contribution is 9.10. The van der Waals surface area contributed by atoms with E-state index in [4.69, 9.17) is 21.1 Å². The fraction of sp³-hybridized carbons (Fsp3) is 0.154. The minimum Gasteiger partial charge on any atom is -0.493 e. The molecule has 0 aliphatic rings. The summed E-state index contributed by atoms with van der Waals surface area (Å²) in [5, 5.41) is 3.66. The van der Waals surface area contributed by atoms with E-state index in [1.54, 1.807) is 26.5 Å². The maximum Gasteiger partial charge on any atom is 0.162 e. The lowest BCUT2D eigenvalue weighted by molar-refractivity contribution is 0.355. The number of benzene rings is 1. The second-order valence-corrected chi connectivity index (χ2v) is 5.00. The molecule has 0 amide bonds. The number of rotatable bonds is 4. The van der Waals surface area contributed by atoms with Crippen molar-refractivity contribution in [3.05, 3.63) is 40.0 Å². The maximum atomic E-state index is 6.10. The van der Waals surface area contributed by atoms with Crippen molar-refractivity contribution in [1.82, 2.24) is 4.98 Å². The number of ether oxygens (including phenoxy) is 2. The first-order valence-corrected chi connectivity index (χ1v) is 6.61. The normalized spacial score (nSPS) is 10.1. The molecule has 1 aromatic carbocycles. The van der Waals surface area contributed by atoms with Crippen LogP contribution in [0.1, 0.15) is 0 Å². The molecule has 2 aromatic rings. The molecule has 0 unspecified atom stereocenters. The molecule has 100 valence electrons. The standard InChI is InChI=1S/C13H12BrClN2O2/c1-18-11-4-3-9(6-12(11)19-2)17-13-10(15)5-8(14)7-16-13/h3-7H,1-2H3,(H,16,17). The van der Waals surface area contributed by atoms with E-state index in [1.165, 1.54) is 0 Å². The summed E-state index contributed by atoms with van der Waals surface area (Å²) in [4.78, 5) is 4.21. The highest BCUT2D eigenvalue weighted by Gasteiger charge is 2.07. The van der Waals surface area contributed by atoms with Gasteiger partial charge >= 0.3 is 0 Å². The topological polar surface area (TPSA) is 43.4 Å². The molecule has 0 fully saturated rings. The minimum absolute atomic E-state index is 0.532. The lowest BCUT2D eigenvalue weighted by atomic mass is 10.2. The van der Waals surface area contributed by atoms with Crippen molar-refractivity contribution in [1.29, 1.82) is 0 Å². The van der Waals surface area contributed by atoms with Gasteiger partial charge in [0.1, 0.15) is 5.82 Å². The number of methoxy groups -OCH3 is 2. The summed E-state index contributed by atoms with van der Waals surface area (Å²) >= 11 is 9.41. The molecule has 0 saturated carbocycles. The van der Waals surface area contributed by atoms with Gasteiger partial charge in [0.25, 0.3) is 0 Å². The first-order valence-electron chi connectivity index (χ1n) is 5.44. The predicted octanol–water partition coefficient (Wildman–Crippen LogP) is 4.26. The van der Waals surface area contributed by atoms with Gasteiger partial charge in [0.15, 0.2) is 11.5 Å². The first-order chi connectivity index (χ1) is 9.13. The van der Waals surface area contributed by atoms with E-state index < -0.39 is 0 Å². The summed E-state index contributed by atoms with van der Waals surface area (Å²) in [6.45, 7) is 0. The fourth-order valence-electron chi connectivity index (χ4n) is 1.56. The van der Waals surface area contributed by atoms with Gasteiger partial charge in [-0.15, -0.1) is 0 Å². The molecule has 0 bridgehead atoms. The summed E-state index contributed by atoms with van der Waals surface area (Å²) in [6.07, 6.45) is 1.68. The number of hydrogen-bond donors (Lipinski definition) is 1. The molecule has 0 spiro atoms. The van der Waals surface area contributed by atoms with Gasteiger partial charge in [-0.1, -0.05) is 11.6 Å². The smallest absolute Gasteiger partial charge is 0.162 e. The third-order valence-corrected chi connectivity index (χ3v) is 3.18. The average molecular weight is 344 g/mol. The molecular formula is C13H12BrClN2O2. The minimum atomic E-state index is 0.532. The molecule has 0 saturated heterocycles. The van der Waals surface area contributed by atoms with Crippen LogP contribution in [0.5, 0.6) is 11.5 Å². The summed E-state index contributed by atoms with van der Waals surface area (Å²) < 4.78 is 11.2. The van der Waals surface area contributed by atoms with Gasteiger partial charge in [0, 0.05) is 22.4 Å². The Bertz CT molecular complexity index is 593. The van der Waals surface area contributed by atoms with Crippen molar-refractivity contribution >= 4 is 39.0 Å². The molecule has 0 aliphatic heterocycles. The van der Waals surface area contributed by atoms with E-state index in [2.05, 4.69) is 26.2 Å². The van der Waals surface area contributed by atoms with Crippen LogP contribution in [-0.4, -0.2) is 19.2 Å². The van der Waals surface area contributed by atoms with Gasteiger partial charge in [0.05, 0.1) is 19.2 Å². The number of hydrogen-bond acceptors (Lipinski definition) is 4. The van der Waals surface area contributed by atoms with Crippen LogP contribution in [0.25, 0.3) is 0 Å². The van der Waals surface area contributed by atoms with Crippen molar-refractivity contribution in [3.63, 3.8) is 0 Å². The van der Waals surface area contributed by atoms with Crippen LogP contribution >= 0.6 is 27.5 Å². The highest BCUT2D eigenvalue weighted by atomic mass is 79.9. The van der Waals surface area contributed by atoms with Gasteiger partial charge in [-0.3, -0.25) is 0 Å². The lowest BCUT2D eigenvalue weighted by Gasteiger charge is -2.11. The van der Waals surface area contributed by atoms with Crippen LogP contribution in [-0.2, 0) is 0 Å². The SMILES string of the molecule is COc1ccc(Nc2ncc(Br)cc2Cl)cc1OC. The second-order valence-electron chi connectivity index (χ2n) is 3.68. The van der Waals surface area contributed by atoms with Gasteiger partial charge in [-0.25, -0.2) is 4.98 Å². The third-order valence-electron chi connectivity index (χ3n) is 2.45. The molecule has 1 heterocycles. The van der Waals surface area contributed by atoms with Gasteiger partial charge in [-0.2, -0.15) is 0 Å². The summed E-state index contributed by atoms with van der Waals surface area (Å²) in [5.74, 6) is 1.89. The second kappa shape index (κ2) is 6.12. The largest absolute Gasteiger partial charge is 0.493 e. The highest BCUT2D eigenvalue weighted by Crippen LogP contribution is 2.32. The van der Waals surface area contributed by atoms with E-state index in [0.717, 1.165) is 10.2 Å². The quantitative estimate of drug-likeness (QED) is 0.901. The number of pyridine rings is 1. The van der Waals surface area contributed by atoms with E-state index in [-0.39, 0.29) is 0 Å². The molecule has 0 atom stereocenters. The predicted molar refractivity (Wildman–Crippen MR) is 79.8 cm³/mol. The molecule has 1 N–H and O–H groups in total. The Morgan fingerprint density at radius 1 is 1.16 bits per heavy atom. The Kier molecular flexibility index (Phi) is 4.50. The molecule has 19 heavy (non-hydrogen) atoms. The average Bonchev–Trinajstić information content (AvgIpc) is 2.41. The molecule has 0 radical (unpaired) electrons. The molecule has 0 aliphatic carbocycles. The number of aromatic nitrogens is 1. The first kappa shape index (κ1) is 14.0. The van der Waals surface area contributed by atoms with E-state index >= 15 is 0 Å². The third kappa shape index (κ3) is 3.30. The van der Waals surface area contributed by atoms with Crippen molar-refractivity contribution in [3.8, 4) is 11.5 Å². The molecular weight excluding hydrogens is 332 g/mol. The van der Waals surface area contributed by atoms with Crippen LogP contribution < -0.4 is 14.8 Å². The van der Waals surface area contributed by atoms with Gasteiger partial charge in [-0.05, 0) is 34.1 Å². The summed E-state index contributed by atoms with van der Waals surface area (Å²) in [5.41, 5.74) is 0.814. The van der Waals surface area contributed by atoms with Crippen LogP contribution in [0.2, 0.25) is 5.02 Å². The van der Waals surface area contributed by atoms with Crippen LogP contribution in [0, 0.1) is 0 Å². The van der Waals surface area contributed by atoms with E-state index in [0.29, 0.717) is 22.3 Å². The lowest BCUT2D eigenvalue weighted by Crippen LogP contribution is -1.96. The summed E-state index contributed by atoms with van der Waals surface area (Å²) in [7, 11) is 3.19. The fourth-order valence-corrected chi connectivity index (χ4v) is 2.23. The van der Waals surface area contributed by atoms with E-state index in [9.17, 15) is 0 Å². The Morgan fingerprint density at radius 3 is 2.53 bits per heavy atom. The van der Waals surface area contributed by atoms with Crippen molar-refractivity contribution in [2.24, 2.45) is 0 Å². The Morgan fingerprint density at radius 2 is 1.89 bits per heavy atom. The van der Waals surface area contributed by atoms with E-state index in [1.807, 2.05) is 18.2 Å². The van der Waals surface area contributed by atoms with Crippen molar-refractivity contribution in [2.75, 3.05) is 19.5 Å². The van der Waals surface area contributed by atoms with Gasteiger partial charge in [0.2, 0.25) is 0 Å². The molecule has 2 rings (SSSR count). The Hall–Kier alpha value is -1.46. The zero-order chi connectivity index (χ0) is 13.8. The zero-order valence-corrected chi connectivity index (χ0v) is 12.7. The number of nitrogens with zero attached hydrogens (tertiary/aromatic N) is 1. The van der Waals surface area contributed by atoms with Crippen LogP contribution in [0.15, 0.2) is 34.9 Å². The molecule has 1 aromatic heterocycles. The monoisotopic (exact) mass is 342 g/mol.